The number of carbonyl (C=O) groups excluding carboxylic acids is 1. The van der Waals surface area contributed by atoms with Crippen molar-refractivity contribution in [3.8, 4) is 11.5 Å². The molecule has 0 saturated heterocycles. The number of fused-ring (bicyclic) bond motifs is 1. The lowest BCUT2D eigenvalue weighted by molar-refractivity contribution is -0.124. The van der Waals surface area contributed by atoms with Crippen LogP contribution in [-0.4, -0.2) is 20.1 Å². The van der Waals surface area contributed by atoms with E-state index in [1.54, 1.807) is 14.2 Å². The van der Waals surface area contributed by atoms with E-state index >= 15 is 0 Å². The molecular weight excluding hydrogens is 338 g/mol. The van der Waals surface area contributed by atoms with Crippen LogP contribution in [-0.2, 0) is 17.8 Å². The van der Waals surface area contributed by atoms with Gasteiger partial charge in [-0.3, -0.25) is 4.79 Å². The number of amides is 1. The van der Waals surface area contributed by atoms with Gasteiger partial charge in [-0.2, -0.15) is 0 Å². The summed E-state index contributed by atoms with van der Waals surface area (Å²) in [6.07, 6.45) is 0.707. The summed E-state index contributed by atoms with van der Waals surface area (Å²) in [5, 5.41) is 5.43. The Morgan fingerprint density at radius 1 is 0.963 bits per heavy atom. The molecule has 4 heteroatoms. The Morgan fingerprint density at radius 2 is 1.70 bits per heavy atom. The molecule has 0 saturated carbocycles. The van der Waals surface area contributed by atoms with Crippen LogP contribution in [0.4, 0.5) is 0 Å². The van der Waals surface area contributed by atoms with Gasteiger partial charge in [0.2, 0.25) is 5.91 Å². The number of nitrogens with one attached hydrogen (secondary N) is 1. The van der Waals surface area contributed by atoms with Crippen molar-refractivity contribution in [3.63, 3.8) is 0 Å². The second-order valence-electron chi connectivity index (χ2n) is 6.65. The SMILES string of the molecule is COc1ccc(CNC(=O)C(C)Cc2cccc3ccccc23)cc1OC. The maximum absolute atomic E-state index is 12.6. The van der Waals surface area contributed by atoms with Gasteiger partial charge < -0.3 is 14.8 Å². The molecule has 0 spiro atoms. The lowest BCUT2D eigenvalue weighted by Crippen LogP contribution is -2.29. The fourth-order valence-electron chi connectivity index (χ4n) is 3.25. The van der Waals surface area contributed by atoms with Crippen LogP contribution < -0.4 is 14.8 Å². The molecule has 27 heavy (non-hydrogen) atoms. The lowest BCUT2D eigenvalue weighted by Gasteiger charge is -2.15. The zero-order valence-electron chi connectivity index (χ0n) is 16.0. The number of ether oxygens (including phenoxy) is 2. The summed E-state index contributed by atoms with van der Waals surface area (Å²) in [4.78, 5) is 12.6. The molecule has 0 aliphatic rings. The highest BCUT2D eigenvalue weighted by Crippen LogP contribution is 2.27. The molecule has 1 amide bonds. The Hall–Kier alpha value is -3.01. The van der Waals surface area contributed by atoms with Gasteiger partial charge in [0.1, 0.15) is 0 Å². The third-order valence-electron chi connectivity index (χ3n) is 4.77. The molecule has 0 fully saturated rings. The number of carbonyl (C=O) groups is 1. The highest BCUT2D eigenvalue weighted by molar-refractivity contribution is 5.86. The normalized spacial score (nSPS) is 11.8. The van der Waals surface area contributed by atoms with Crippen molar-refractivity contribution in [3.05, 3.63) is 71.8 Å². The van der Waals surface area contributed by atoms with Crippen LogP contribution in [0.1, 0.15) is 18.1 Å². The van der Waals surface area contributed by atoms with E-state index in [1.807, 2.05) is 43.3 Å². The first-order valence-corrected chi connectivity index (χ1v) is 9.07. The third-order valence-corrected chi connectivity index (χ3v) is 4.77. The van der Waals surface area contributed by atoms with Crippen molar-refractivity contribution in [2.75, 3.05) is 14.2 Å². The fraction of sp³-hybridized carbons (Fsp3) is 0.261. The van der Waals surface area contributed by atoms with Crippen molar-refractivity contribution in [1.82, 2.24) is 5.32 Å². The van der Waals surface area contributed by atoms with E-state index in [9.17, 15) is 4.79 Å². The van der Waals surface area contributed by atoms with Gasteiger partial charge in [0.15, 0.2) is 11.5 Å². The van der Waals surface area contributed by atoms with Crippen LogP contribution in [0, 0.1) is 5.92 Å². The first-order valence-electron chi connectivity index (χ1n) is 9.07. The standard InChI is InChI=1S/C23H25NO3/c1-16(13-19-9-6-8-18-7-4-5-10-20(18)19)23(25)24-15-17-11-12-21(26-2)22(14-17)27-3/h4-12,14,16H,13,15H2,1-3H3,(H,24,25). The average molecular weight is 363 g/mol. The second-order valence-corrected chi connectivity index (χ2v) is 6.65. The Bertz CT molecular complexity index is 931. The van der Waals surface area contributed by atoms with E-state index < -0.39 is 0 Å². The number of methoxy groups -OCH3 is 2. The van der Waals surface area contributed by atoms with Gasteiger partial charge in [-0.05, 0) is 40.5 Å². The topological polar surface area (TPSA) is 47.6 Å². The van der Waals surface area contributed by atoms with Crippen molar-refractivity contribution >= 4 is 16.7 Å². The van der Waals surface area contributed by atoms with Gasteiger partial charge in [0, 0.05) is 12.5 Å². The second kappa shape index (κ2) is 8.58. The summed E-state index contributed by atoms with van der Waals surface area (Å²) in [5.74, 6) is 1.26. The summed E-state index contributed by atoms with van der Waals surface area (Å²) in [6, 6.07) is 20.2. The quantitative estimate of drug-likeness (QED) is 0.679. The van der Waals surface area contributed by atoms with Gasteiger partial charge in [-0.1, -0.05) is 55.5 Å². The van der Waals surface area contributed by atoms with E-state index in [0.29, 0.717) is 24.5 Å². The molecule has 0 radical (unpaired) electrons. The van der Waals surface area contributed by atoms with E-state index in [2.05, 4.69) is 29.6 Å². The Morgan fingerprint density at radius 3 is 2.48 bits per heavy atom. The summed E-state index contributed by atoms with van der Waals surface area (Å²) in [6.45, 7) is 2.42. The Balaban J connectivity index is 1.64. The minimum Gasteiger partial charge on any atom is -0.493 e. The van der Waals surface area contributed by atoms with Gasteiger partial charge in [-0.15, -0.1) is 0 Å². The Kier molecular flexibility index (Phi) is 5.97. The minimum atomic E-state index is -0.115. The van der Waals surface area contributed by atoms with Crippen LogP contribution in [0.2, 0.25) is 0 Å². The van der Waals surface area contributed by atoms with Gasteiger partial charge in [-0.25, -0.2) is 0 Å². The maximum atomic E-state index is 12.6. The van der Waals surface area contributed by atoms with Crippen LogP contribution in [0.5, 0.6) is 11.5 Å². The van der Waals surface area contributed by atoms with Crippen LogP contribution in [0.25, 0.3) is 10.8 Å². The van der Waals surface area contributed by atoms with Crippen molar-refractivity contribution < 1.29 is 14.3 Å². The number of rotatable bonds is 7. The third kappa shape index (κ3) is 4.40. The summed E-state index contributed by atoms with van der Waals surface area (Å²) >= 11 is 0. The highest BCUT2D eigenvalue weighted by atomic mass is 16.5. The largest absolute Gasteiger partial charge is 0.493 e. The molecule has 0 heterocycles. The lowest BCUT2D eigenvalue weighted by atomic mass is 9.95. The molecule has 0 aliphatic heterocycles. The van der Waals surface area contributed by atoms with Gasteiger partial charge in [0.05, 0.1) is 14.2 Å². The molecule has 0 aromatic heterocycles. The summed E-state index contributed by atoms with van der Waals surface area (Å²) in [7, 11) is 3.21. The van der Waals surface area contributed by atoms with E-state index in [1.165, 1.54) is 16.3 Å². The molecule has 1 atom stereocenters. The molecule has 0 aliphatic carbocycles. The summed E-state index contributed by atoms with van der Waals surface area (Å²) in [5.41, 5.74) is 2.17. The fourth-order valence-corrected chi connectivity index (χ4v) is 3.25. The van der Waals surface area contributed by atoms with Crippen molar-refractivity contribution in [2.24, 2.45) is 5.92 Å². The molecular formula is C23H25NO3. The highest BCUT2D eigenvalue weighted by Gasteiger charge is 2.15. The molecule has 140 valence electrons. The Labute approximate surface area is 160 Å². The molecule has 4 nitrogen and oxygen atoms in total. The van der Waals surface area contributed by atoms with Crippen LogP contribution in [0.15, 0.2) is 60.7 Å². The number of hydrogen-bond acceptors (Lipinski definition) is 3. The molecule has 3 rings (SSSR count). The van der Waals surface area contributed by atoms with Crippen LogP contribution >= 0.6 is 0 Å². The average Bonchev–Trinajstić information content (AvgIpc) is 2.71. The smallest absolute Gasteiger partial charge is 0.223 e. The molecule has 0 bridgehead atoms. The van der Waals surface area contributed by atoms with Gasteiger partial charge in [0.25, 0.3) is 0 Å². The van der Waals surface area contributed by atoms with E-state index in [-0.39, 0.29) is 11.8 Å². The number of hydrogen-bond donors (Lipinski definition) is 1. The molecule has 1 unspecified atom stereocenters. The minimum absolute atomic E-state index is 0.0396. The number of benzene rings is 3. The van der Waals surface area contributed by atoms with E-state index in [4.69, 9.17) is 9.47 Å². The van der Waals surface area contributed by atoms with Gasteiger partial charge >= 0.3 is 0 Å². The molecule has 3 aromatic rings. The molecule has 3 aromatic carbocycles. The predicted molar refractivity (Wildman–Crippen MR) is 108 cm³/mol. The zero-order valence-corrected chi connectivity index (χ0v) is 16.0. The predicted octanol–water partition coefficient (Wildman–Crippen LogP) is 4.35. The molecule has 1 N–H and O–H groups in total. The van der Waals surface area contributed by atoms with Crippen molar-refractivity contribution in [1.29, 1.82) is 0 Å². The van der Waals surface area contributed by atoms with Crippen LogP contribution in [0.3, 0.4) is 0 Å². The first kappa shape index (κ1) is 18.8. The summed E-state index contributed by atoms with van der Waals surface area (Å²) < 4.78 is 10.6. The first-order chi connectivity index (χ1) is 13.1. The maximum Gasteiger partial charge on any atom is 0.223 e. The van der Waals surface area contributed by atoms with Crippen molar-refractivity contribution in [2.45, 2.75) is 19.9 Å². The monoisotopic (exact) mass is 363 g/mol. The zero-order chi connectivity index (χ0) is 19.2. The van der Waals surface area contributed by atoms with E-state index in [0.717, 1.165) is 5.56 Å².